The maximum atomic E-state index is 11.4. The molecule has 2 aromatic heterocycles. The molecule has 0 spiro atoms. The number of tetrazole rings is 1. The molecule has 17 heavy (non-hydrogen) atoms. The SMILES string of the molecule is O=C(Cn1cnnn1)NCCCc1ncn[nH]1. The van der Waals surface area contributed by atoms with Gasteiger partial charge in [0.05, 0.1) is 0 Å². The molecule has 9 heteroatoms. The van der Waals surface area contributed by atoms with Gasteiger partial charge < -0.3 is 5.32 Å². The molecule has 2 aromatic rings. The second-order valence-corrected chi connectivity index (χ2v) is 3.39. The Balaban J connectivity index is 1.60. The van der Waals surface area contributed by atoms with Gasteiger partial charge in [-0.25, -0.2) is 9.67 Å². The molecule has 0 aliphatic heterocycles. The van der Waals surface area contributed by atoms with Gasteiger partial charge in [0.2, 0.25) is 5.91 Å². The molecular formula is C8H12N8O. The molecule has 0 aliphatic carbocycles. The standard InChI is InChI=1S/C8H12N8O/c17-8(4-16-6-12-14-15-16)9-3-1-2-7-10-5-11-13-7/h5-6H,1-4H2,(H,9,17)(H,10,11,13). The molecule has 2 rings (SSSR count). The fourth-order valence-electron chi connectivity index (χ4n) is 1.29. The lowest BCUT2D eigenvalue weighted by molar-refractivity contribution is -0.121. The summed E-state index contributed by atoms with van der Waals surface area (Å²) in [4.78, 5) is 15.4. The van der Waals surface area contributed by atoms with E-state index in [1.807, 2.05) is 0 Å². The lowest BCUT2D eigenvalue weighted by atomic mass is 10.3. The van der Waals surface area contributed by atoms with E-state index >= 15 is 0 Å². The monoisotopic (exact) mass is 236 g/mol. The summed E-state index contributed by atoms with van der Waals surface area (Å²) >= 11 is 0. The molecule has 2 heterocycles. The average Bonchev–Trinajstić information content (AvgIpc) is 2.96. The first kappa shape index (κ1) is 11.2. The molecule has 0 atom stereocenters. The Morgan fingerprint density at radius 3 is 3.18 bits per heavy atom. The third-order valence-corrected chi connectivity index (χ3v) is 2.07. The van der Waals surface area contributed by atoms with Crippen molar-refractivity contribution < 1.29 is 4.79 Å². The van der Waals surface area contributed by atoms with E-state index in [0.717, 1.165) is 18.7 Å². The summed E-state index contributed by atoms with van der Waals surface area (Å²) in [6.07, 6.45) is 4.42. The number of carbonyl (C=O) groups is 1. The number of aryl methyl sites for hydroxylation is 1. The fourth-order valence-corrected chi connectivity index (χ4v) is 1.29. The van der Waals surface area contributed by atoms with Crippen LogP contribution in [0.4, 0.5) is 0 Å². The molecular weight excluding hydrogens is 224 g/mol. The molecule has 0 saturated heterocycles. The zero-order chi connectivity index (χ0) is 11.9. The van der Waals surface area contributed by atoms with Crippen LogP contribution >= 0.6 is 0 Å². The van der Waals surface area contributed by atoms with E-state index in [0.29, 0.717) is 6.54 Å². The molecule has 0 radical (unpaired) electrons. The van der Waals surface area contributed by atoms with Crippen LogP contribution in [0, 0.1) is 0 Å². The highest BCUT2D eigenvalue weighted by atomic mass is 16.2. The van der Waals surface area contributed by atoms with Gasteiger partial charge in [-0.3, -0.25) is 9.89 Å². The predicted molar refractivity (Wildman–Crippen MR) is 55.5 cm³/mol. The largest absolute Gasteiger partial charge is 0.354 e. The quantitative estimate of drug-likeness (QED) is 0.592. The van der Waals surface area contributed by atoms with Crippen molar-refractivity contribution in [1.29, 1.82) is 0 Å². The van der Waals surface area contributed by atoms with E-state index < -0.39 is 0 Å². The molecule has 0 unspecified atom stereocenters. The molecule has 1 amide bonds. The minimum Gasteiger partial charge on any atom is -0.354 e. The smallest absolute Gasteiger partial charge is 0.241 e. The van der Waals surface area contributed by atoms with E-state index in [2.05, 4.69) is 36.0 Å². The van der Waals surface area contributed by atoms with Gasteiger partial charge >= 0.3 is 0 Å². The Hall–Kier alpha value is -2.32. The summed E-state index contributed by atoms with van der Waals surface area (Å²) in [7, 11) is 0. The third kappa shape index (κ3) is 3.63. The Morgan fingerprint density at radius 2 is 2.47 bits per heavy atom. The van der Waals surface area contributed by atoms with Crippen LogP contribution in [-0.2, 0) is 17.8 Å². The van der Waals surface area contributed by atoms with Gasteiger partial charge in [0, 0.05) is 13.0 Å². The zero-order valence-electron chi connectivity index (χ0n) is 9.07. The number of H-pyrrole nitrogens is 1. The maximum Gasteiger partial charge on any atom is 0.241 e. The van der Waals surface area contributed by atoms with Crippen LogP contribution < -0.4 is 5.32 Å². The van der Waals surface area contributed by atoms with E-state index in [4.69, 9.17) is 0 Å². The Kier molecular flexibility index (Phi) is 3.73. The van der Waals surface area contributed by atoms with Crippen LogP contribution in [0.25, 0.3) is 0 Å². The van der Waals surface area contributed by atoms with Crippen molar-refractivity contribution in [3.05, 3.63) is 18.5 Å². The fraction of sp³-hybridized carbons (Fsp3) is 0.500. The van der Waals surface area contributed by atoms with Gasteiger partial charge in [0.25, 0.3) is 0 Å². The minimum atomic E-state index is -0.116. The molecule has 9 nitrogen and oxygen atoms in total. The van der Waals surface area contributed by atoms with Crippen molar-refractivity contribution in [1.82, 2.24) is 40.7 Å². The van der Waals surface area contributed by atoms with Crippen LogP contribution in [0.2, 0.25) is 0 Å². The van der Waals surface area contributed by atoms with Gasteiger partial charge in [0.15, 0.2) is 0 Å². The third-order valence-electron chi connectivity index (χ3n) is 2.07. The summed E-state index contributed by atoms with van der Waals surface area (Å²) in [6.45, 7) is 0.719. The Morgan fingerprint density at radius 1 is 1.53 bits per heavy atom. The molecule has 90 valence electrons. The van der Waals surface area contributed by atoms with Crippen LogP contribution in [0.15, 0.2) is 12.7 Å². The average molecular weight is 236 g/mol. The van der Waals surface area contributed by atoms with Gasteiger partial charge in [-0.05, 0) is 16.8 Å². The molecule has 0 aromatic carbocycles. The summed E-state index contributed by atoms with van der Waals surface area (Å²) in [5.41, 5.74) is 0. The summed E-state index contributed by atoms with van der Waals surface area (Å²) < 4.78 is 1.37. The lowest BCUT2D eigenvalue weighted by Gasteiger charge is -2.03. The van der Waals surface area contributed by atoms with Crippen LogP contribution in [0.3, 0.4) is 0 Å². The maximum absolute atomic E-state index is 11.4. The molecule has 2 N–H and O–H groups in total. The number of carbonyl (C=O) groups excluding carboxylic acids is 1. The second-order valence-electron chi connectivity index (χ2n) is 3.39. The van der Waals surface area contributed by atoms with Crippen LogP contribution in [0.1, 0.15) is 12.2 Å². The van der Waals surface area contributed by atoms with Crippen molar-refractivity contribution in [3.8, 4) is 0 Å². The van der Waals surface area contributed by atoms with Crippen molar-refractivity contribution in [3.63, 3.8) is 0 Å². The summed E-state index contributed by atoms with van der Waals surface area (Å²) in [6, 6.07) is 0. The number of amides is 1. The van der Waals surface area contributed by atoms with Gasteiger partial charge in [-0.15, -0.1) is 5.10 Å². The number of aromatic amines is 1. The number of hydrogen-bond donors (Lipinski definition) is 2. The number of aromatic nitrogens is 7. The number of hydrogen-bond acceptors (Lipinski definition) is 6. The van der Waals surface area contributed by atoms with Crippen molar-refractivity contribution in [2.45, 2.75) is 19.4 Å². The minimum absolute atomic E-state index is 0.116. The first-order valence-corrected chi connectivity index (χ1v) is 5.16. The van der Waals surface area contributed by atoms with E-state index in [1.165, 1.54) is 17.3 Å². The normalized spacial score (nSPS) is 10.4. The van der Waals surface area contributed by atoms with Gasteiger partial charge in [-0.1, -0.05) is 0 Å². The number of nitrogens with zero attached hydrogens (tertiary/aromatic N) is 6. The molecule has 0 saturated carbocycles. The van der Waals surface area contributed by atoms with E-state index in [-0.39, 0.29) is 12.5 Å². The first-order valence-electron chi connectivity index (χ1n) is 5.16. The van der Waals surface area contributed by atoms with E-state index in [1.54, 1.807) is 0 Å². The first-order chi connectivity index (χ1) is 8.34. The highest BCUT2D eigenvalue weighted by molar-refractivity contribution is 5.75. The summed E-state index contributed by atoms with van der Waals surface area (Å²) in [5.74, 6) is 0.703. The summed E-state index contributed by atoms with van der Waals surface area (Å²) in [5, 5.41) is 19.7. The van der Waals surface area contributed by atoms with E-state index in [9.17, 15) is 4.79 Å². The highest BCUT2D eigenvalue weighted by Gasteiger charge is 2.03. The predicted octanol–water partition coefficient (Wildman–Crippen LogP) is -1.46. The van der Waals surface area contributed by atoms with Crippen LogP contribution in [0.5, 0.6) is 0 Å². The number of nitrogens with one attached hydrogen (secondary N) is 2. The molecule has 0 bridgehead atoms. The topological polar surface area (TPSA) is 114 Å². The second kappa shape index (κ2) is 5.68. The highest BCUT2D eigenvalue weighted by Crippen LogP contribution is 1.91. The van der Waals surface area contributed by atoms with Gasteiger partial charge in [-0.2, -0.15) is 5.10 Å². The van der Waals surface area contributed by atoms with Crippen molar-refractivity contribution in [2.24, 2.45) is 0 Å². The van der Waals surface area contributed by atoms with Crippen molar-refractivity contribution >= 4 is 5.91 Å². The lowest BCUT2D eigenvalue weighted by Crippen LogP contribution is -2.29. The molecule has 0 aliphatic rings. The van der Waals surface area contributed by atoms with Crippen molar-refractivity contribution in [2.75, 3.05) is 6.54 Å². The van der Waals surface area contributed by atoms with Gasteiger partial charge in [0.1, 0.15) is 25.0 Å². The molecule has 0 fully saturated rings. The Bertz CT molecular complexity index is 436. The zero-order valence-corrected chi connectivity index (χ0v) is 9.07. The van der Waals surface area contributed by atoms with Crippen LogP contribution in [-0.4, -0.2) is 47.8 Å². The number of rotatable bonds is 6. The Labute approximate surface area is 96.6 Å².